The second-order valence-electron chi connectivity index (χ2n) is 8.04. The van der Waals surface area contributed by atoms with E-state index in [9.17, 15) is 0 Å². The first-order valence-corrected chi connectivity index (χ1v) is 10.8. The van der Waals surface area contributed by atoms with Crippen LogP contribution in [0.5, 0.6) is 0 Å². The van der Waals surface area contributed by atoms with Crippen molar-refractivity contribution in [3.8, 4) is 0 Å². The average Bonchev–Trinajstić information content (AvgIpc) is 3.29. The van der Waals surface area contributed by atoms with Gasteiger partial charge in [0.2, 0.25) is 0 Å². The van der Waals surface area contributed by atoms with E-state index in [1.54, 1.807) is 0 Å². The molecule has 5 aromatic rings. The third-order valence-electron chi connectivity index (χ3n) is 6.21. The summed E-state index contributed by atoms with van der Waals surface area (Å²) in [6.07, 6.45) is 0.872. The molecule has 0 saturated heterocycles. The summed E-state index contributed by atoms with van der Waals surface area (Å²) in [5, 5.41) is 12.5. The molecule has 5 aromatic carbocycles. The summed E-state index contributed by atoms with van der Waals surface area (Å²) >= 11 is 0. The van der Waals surface area contributed by atoms with Gasteiger partial charge in [0.1, 0.15) is 0 Å². The number of hydrazone groups is 1. The summed E-state index contributed by atoms with van der Waals surface area (Å²) < 4.78 is 0. The van der Waals surface area contributed by atoms with Crippen molar-refractivity contribution in [3.63, 3.8) is 0 Å². The number of hydrogen-bond acceptors (Lipinski definition) is 2. The Labute approximate surface area is 182 Å². The fraction of sp³-hybridized carbons (Fsp3) is 0.0690. The standard InChI is InChI=1S/C29H22N2/c1-2-14-23(15-3-1)31-29(27-19-9-13-22-11-5-7-17-25(22)27)20-28(30-31)26-18-8-12-21-10-4-6-16-24(21)26/h1-19,29H,20H2. The SMILES string of the molecule is c1ccc(N2N=C(c3cccc4ccccc34)CC2c2cccc3ccccc23)cc1. The minimum atomic E-state index is 0.155. The predicted octanol–water partition coefficient (Wildman–Crippen LogP) is 7.35. The number of benzene rings is 5. The number of para-hydroxylation sites is 1. The number of rotatable bonds is 3. The van der Waals surface area contributed by atoms with Crippen LogP contribution < -0.4 is 5.01 Å². The highest BCUT2D eigenvalue weighted by Crippen LogP contribution is 2.40. The predicted molar refractivity (Wildman–Crippen MR) is 131 cm³/mol. The van der Waals surface area contributed by atoms with Gasteiger partial charge < -0.3 is 0 Å². The van der Waals surface area contributed by atoms with Gasteiger partial charge in [-0.3, -0.25) is 5.01 Å². The van der Waals surface area contributed by atoms with Crippen LogP contribution in [0.4, 0.5) is 5.69 Å². The molecule has 1 unspecified atom stereocenters. The maximum Gasteiger partial charge on any atom is 0.0837 e. The molecule has 6 rings (SSSR count). The van der Waals surface area contributed by atoms with Gasteiger partial charge in [-0.2, -0.15) is 5.10 Å². The first-order valence-electron chi connectivity index (χ1n) is 10.8. The quantitative estimate of drug-likeness (QED) is 0.310. The van der Waals surface area contributed by atoms with Crippen LogP contribution in [0.2, 0.25) is 0 Å². The zero-order chi connectivity index (χ0) is 20.6. The van der Waals surface area contributed by atoms with E-state index in [1.807, 2.05) is 0 Å². The molecule has 0 spiro atoms. The van der Waals surface area contributed by atoms with Crippen molar-refractivity contribution in [3.05, 3.63) is 126 Å². The molecule has 0 aromatic heterocycles. The van der Waals surface area contributed by atoms with Crippen molar-refractivity contribution >= 4 is 32.9 Å². The summed E-state index contributed by atoms with van der Waals surface area (Å²) in [5.74, 6) is 0. The van der Waals surface area contributed by atoms with E-state index in [0.717, 1.165) is 17.8 Å². The Kier molecular flexibility index (Phi) is 4.28. The molecule has 2 heteroatoms. The minimum Gasteiger partial charge on any atom is -0.257 e. The fourth-order valence-electron chi connectivity index (χ4n) is 4.75. The molecule has 0 N–H and O–H groups in total. The first-order chi connectivity index (χ1) is 15.4. The molecule has 1 heterocycles. The van der Waals surface area contributed by atoms with Crippen molar-refractivity contribution in [1.29, 1.82) is 0 Å². The van der Waals surface area contributed by atoms with Crippen LogP contribution >= 0.6 is 0 Å². The molecule has 0 bridgehead atoms. The van der Waals surface area contributed by atoms with Crippen LogP contribution in [0.3, 0.4) is 0 Å². The number of hydrogen-bond donors (Lipinski definition) is 0. The van der Waals surface area contributed by atoms with E-state index in [4.69, 9.17) is 5.10 Å². The Balaban J connectivity index is 1.53. The monoisotopic (exact) mass is 398 g/mol. The van der Waals surface area contributed by atoms with Gasteiger partial charge in [-0.15, -0.1) is 0 Å². The van der Waals surface area contributed by atoms with Crippen LogP contribution in [0.1, 0.15) is 23.6 Å². The molecule has 0 aliphatic carbocycles. The average molecular weight is 399 g/mol. The smallest absolute Gasteiger partial charge is 0.0837 e. The maximum absolute atomic E-state index is 5.19. The van der Waals surface area contributed by atoms with E-state index in [-0.39, 0.29) is 6.04 Å². The molecule has 0 saturated carbocycles. The van der Waals surface area contributed by atoms with Gasteiger partial charge in [0.15, 0.2) is 0 Å². The highest BCUT2D eigenvalue weighted by Gasteiger charge is 2.31. The Bertz CT molecular complexity index is 1410. The van der Waals surface area contributed by atoms with Crippen LogP contribution in [-0.2, 0) is 0 Å². The van der Waals surface area contributed by atoms with Gasteiger partial charge in [-0.1, -0.05) is 103 Å². The largest absolute Gasteiger partial charge is 0.257 e. The van der Waals surface area contributed by atoms with E-state index in [0.29, 0.717) is 0 Å². The van der Waals surface area contributed by atoms with Crippen molar-refractivity contribution in [1.82, 2.24) is 0 Å². The first kappa shape index (κ1) is 17.9. The molecule has 148 valence electrons. The summed E-state index contributed by atoms with van der Waals surface area (Å²) in [4.78, 5) is 0. The molecule has 2 nitrogen and oxygen atoms in total. The van der Waals surface area contributed by atoms with Crippen molar-refractivity contribution in [2.75, 3.05) is 5.01 Å². The van der Waals surface area contributed by atoms with E-state index >= 15 is 0 Å². The topological polar surface area (TPSA) is 15.6 Å². The van der Waals surface area contributed by atoms with Crippen LogP contribution in [0.25, 0.3) is 21.5 Å². The number of fused-ring (bicyclic) bond motifs is 2. The molecule has 1 aliphatic heterocycles. The third-order valence-corrected chi connectivity index (χ3v) is 6.21. The van der Waals surface area contributed by atoms with Crippen LogP contribution in [0.15, 0.2) is 120 Å². The number of nitrogens with zero attached hydrogens (tertiary/aromatic N) is 2. The van der Waals surface area contributed by atoms with Crippen LogP contribution in [0, 0.1) is 0 Å². The summed E-state index contributed by atoms with van der Waals surface area (Å²) in [6, 6.07) is 41.0. The molecule has 1 atom stereocenters. The van der Waals surface area contributed by atoms with E-state index in [2.05, 4.69) is 120 Å². The summed E-state index contributed by atoms with van der Waals surface area (Å²) in [5.41, 5.74) is 4.80. The second kappa shape index (κ2) is 7.41. The number of anilines is 1. The Morgan fingerprint density at radius 1 is 0.581 bits per heavy atom. The molecule has 1 aliphatic rings. The zero-order valence-electron chi connectivity index (χ0n) is 17.1. The maximum atomic E-state index is 5.19. The lowest BCUT2D eigenvalue weighted by molar-refractivity contribution is 0.714. The van der Waals surface area contributed by atoms with Gasteiger partial charge in [0.05, 0.1) is 17.4 Å². The highest BCUT2D eigenvalue weighted by molar-refractivity contribution is 6.12. The van der Waals surface area contributed by atoms with Gasteiger partial charge in [-0.25, -0.2) is 0 Å². The van der Waals surface area contributed by atoms with E-state index in [1.165, 1.54) is 32.7 Å². The Hall–Kier alpha value is -3.91. The van der Waals surface area contributed by atoms with Crippen molar-refractivity contribution in [2.45, 2.75) is 12.5 Å². The summed E-state index contributed by atoms with van der Waals surface area (Å²) in [7, 11) is 0. The third kappa shape index (κ3) is 3.08. The van der Waals surface area contributed by atoms with Crippen molar-refractivity contribution in [2.24, 2.45) is 5.10 Å². The Morgan fingerprint density at radius 2 is 1.19 bits per heavy atom. The lowest BCUT2D eigenvalue weighted by Gasteiger charge is -2.25. The molecule has 0 radical (unpaired) electrons. The van der Waals surface area contributed by atoms with Gasteiger partial charge in [-0.05, 0) is 39.2 Å². The Morgan fingerprint density at radius 3 is 2.00 bits per heavy atom. The highest BCUT2D eigenvalue weighted by atomic mass is 15.5. The van der Waals surface area contributed by atoms with Gasteiger partial charge in [0, 0.05) is 12.0 Å². The zero-order valence-corrected chi connectivity index (χ0v) is 17.1. The lowest BCUT2D eigenvalue weighted by Crippen LogP contribution is -2.18. The normalized spacial score (nSPS) is 16.1. The van der Waals surface area contributed by atoms with Gasteiger partial charge >= 0.3 is 0 Å². The van der Waals surface area contributed by atoms with Crippen molar-refractivity contribution < 1.29 is 0 Å². The molecule has 0 fully saturated rings. The minimum absolute atomic E-state index is 0.155. The van der Waals surface area contributed by atoms with Crippen LogP contribution in [-0.4, -0.2) is 5.71 Å². The molecule has 31 heavy (non-hydrogen) atoms. The summed E-state index contributed by atoms with van der Waals surface area (Å²) in [6.45, 7) is 0. The molecular formula is C29H22N2. The van der Waals surface area contributed by atoms with E-state index < -0.39 is 0 Å². The molecule has 0 amide bonds. The van der Waals surface area contributed by atoms with Gasteiger partial charge in [0.25, 0.3) is 0 Å². The second-order valence-corrected chi connectivity index (χ2v) is 8.04. The molecular weight excluding hydrogens is 376 g/mol. The lowest BCUT2D eigenvalue weighted by atomic mass is 9.92. The fourth-order valence-corrected chi connectivity index (χ4v) is 4.75.